The van der Waals surface area contributed by atoms with Crippen LogP contribution in [-0.4, -0.2) is 34.5 Å². The van der Waals surface area contributed by atoms with Crippen molar-refractivity contribution in [2.24, 2.45) is 0 Å². The number of ether oxygens (including phenoxy) is 1. The molecule has 1 unspecified atom stereocenters. The fourth-order valence-electron chi connectivity index (χ4n) is 1.16. The zero-order chi connectivity index (χ0) is 12.8. The molecule has 1 heterocycles. The number of ketones is 1. The van der Waals surface area contributed by atoms with Gasteiger partial charge in [-0.1, -0.05) is 6.07 Å². The molecule has 6 nitrogen and oxygen atoms in total. The minimum Gasteiger partial charge on any atom is -0.460 e. The molecule has 1 N–H and O–H groups in total. The molecule has 0 spiro atoms. The number of aliphatic hydroxyl groups excluding tert-OH is 1. The molecule has 0 fully saturated rings. The van der Waals surface area contributed by atoms with Gasteiger partial charge in [-0.15, -0.1) is 11.3 Å². The zero-order valence-electron chi connectivity index (χ0n) is 8.99. The average Bonchev–Trinajstić information content (AvgIpc) is 2.83. The van der Waals surface area contributed by atoms with Crippen LogP contribution in [0.5, 0.6) is 0 Å². The lowest BCUT2D eigenvalue weighted by Gasteiger charge is -2.04. The third kappa shape index (κ3) is 3.32. The van der Waals surface area contributed by atoms with E-state index in [-0.39, 0.29) is 6.42 Å². The monoisotopic (exact) mass is 254 g/mol. The fraction of sp³-hybridized carbons (Fsp3) is 0.300. The van der Waals surface area contributed by atoms with Gasteiger partial charge in [0, 0.05) is 11.3 Å². The Morgan fingerprint density at radius 1 is 1.65 bits per heavy atom. The lowest BCUT2D eigenvalue weighted by Crippen LogP contribution is -2.27. The first-order valence-electron chi connectivity index (χ1n) is 4.65. The van der Waals surface area contributed by atoms with Crippen LogP contribution in [0.1, 0.15) is 17.4 Å². The van der Waals surface area contributed by atoms with Gasteiger partial charge in [-0.2, -0.15) is 4.79 Å². The second kappa shape index (κ2) is 6.05. The van der Waals surface area contributed by atoms with Crippen molar-refractivity contribution in [2.75, 3.05) is 7.11 Å². The molecule has 0 aliphatic carbocycles. The highest BCUT2D eigenvalue weighted by Crippen LogP contribution is 2.21. The van der Waals surface area contributed by atoms with Gasteiger partial charge in [-0.25, -0.2) is 4.79 Å². The smallest absolute Gasteiger partial charge is 0.441 e. The Bertz CT molecular complexity index is 463. The number of carbonyl (C=O) groups is 2. The molecule has 0 aromatic carbocycles. The summed E-state index contributed by atoms with van der Waals surface area (Å²) in [4.78, 5) is 25.7. The highest BCUT2D eigenvalue weighted by molar-refractivity contribution is 7.10. The highest BCUT2D eigenvalue weighted by Gasteiger charge is 2.32. The van der Waals surface area contributed by atoms with Crippen molar-refractivity contribution >= 4 is 28.8 Å². The summed E-state index contributed by atoms with van der Waals surface area (Å²) in [5.41, 5.74) is 7.81. The van der Waals surface area contributed by atoms with Crippen LogP contribution in [-0.2, 0) is 14.3 Å². The predicted molar refractivity (Wildman–Crippen MR) is 59.5 cm³/mol. The van der Waals surface area contributed by atoms with Crippen LogP contribution in [0.3, 0.4) is 0 Å². The van der Waals surface area contributed by atoms with Crippen LogP contribution in [0, 0.1) is 0 Å². The summed E-state index contributed by atoms with van der Waals surface area (Å²) < 4.78 is 4.27. The van der Waals surface area contributed by atoms with Crippen molar-refractivity contribution in [3.8, 4) is 0 Å². The first kappa shape index (κ1) is 13.2. The van der Waals surface area contributed by atoms with Gasteiger partial charge >= 0.3 is 11.7 Å². The van der Waals surface area contributed by atoms with E-state index in [4.69, 9.17) is 5.53 Å². The summed E-state index contributed by atoms with van der Waals surface area (Å²) in [6, 6.07) is 3.39. The SMILES string of the molecule is COC(=O)C(=[N+]=[N-])C(=O)CC(O)c1cccs1. The number of aliphatic hydroxyl groups is 1. The molecule has 1 aromatic rings. The number of hydrogen-bond donors (Lipinski definition) is 1. The number of Topliss-reactive ketones (excluding diaryl/α,β-unsaturated/α-hetero) is 1. The molecule has 1 atom stereocenters. The molecule has 0 aliphatic rings. The van der Waals surface area contributed by atoms with E-state index in [1.54, 1.807) is 17.5 Å². The Hall–Kier alpha value is -1.82. The highest BCUT2D eigenvalue weighted by atomic mass is 32.1. The van der Waals surface area contributed by atoms with Gasteiger partial charge in [-0.05, 0) is 11.4 Å². The van der Waals surface area contributed by atoms with Crippen molar-refractivity contribution < 1.29 is 24.2 Å². The standard InChI is InChI=1S/C10H10N2O4S/c1-16-10(15)9(12-11)7(14)5-6(13)8-3-2-4-17-8/h2-4,6,13H,5H2,1H3. The Balaban J connectivity index is 2.72. The lowest BCUT2D eigenvalue weighted by atomic mass is 10.1. The number of methoxy groups -OCH3 is 1. The zero-order valence-corrected chi connectivity index (χ0v) is 9.81. The molecule has 90 valence electrons. The van der Waals surface area contributed by atoms with Gasteiger partial charge in [0.05, 0.1) is 13.2 Å². The molecule has 0 aliphatic heterocycles. The van der Waals surface area contributed by atoms with Gasteiger partial charge in [0.2, 0.25) is 0 Å². The second-order valence-electron chi connectivity index (χ2n) is 3.10. The van der Waals surface area contributed by atoms with E-state index < -0.39 is 23.6 Å². The van der Waals surface area contributed by atoms with Gasteiger partial charge < -0.3 is 15.4 Å². The van der Waals surface area contributed by atoms with E-state index in [0.717, 1.165) is 7.11 Å². The summed E-state index contributed by atoms with van der Waals surface area (Å²) in [6.07, 6.45) is -1.36. The molecule has 7 heteroatoms. The third-order valence-electron chi connectivity index (χ3n) is 1.99. The van der Waals surface area contributed by atoms with E-state index in [1.807, 2.05) is 0 Å². The van der Waals surface area contributed by atoms with Gasteiger partial charge in [0.1, 0.15) is 0 Å². The van der Waals surface area contributed by atoms with Crippen molar-refractivity contribution in [3.05, 3.63) is 27.9 Å². The van der Waals surface area contributed by atoms with E-state index in [9.17, 15) is 14.7 Å². The Kier molecular flexibility index (Phi) is 4.71. The van der Waals surface area contributed by atoms with E-state index in [1.165, 1.54) is 11.3 Å². The molecule has 1 aromatic heterocycles. The molecule has 17 heavy (non-hydrogen) atoms. The van der Waals surface area contributed by atoms with Crippen molar-refractivity contribution in [3.63, 3.8) is 0 Å². The number of nitrogens with zero attached hydrogens (tertiary/aromatic N) is 2. The summed E-state index contributed by atoms with van der Waals surface area (Å²) in [7, 11) is 1.07. The van der Waals surface area contributed by atoms with Gasteiger partial charge in [-0.3, -0.25) is 4.79 Å². The van der Waals surface area contributed by atoms with Crippen molar-refractivity contribution in [1.82, 2.24) is 0 Å². The molecular weight excluding hydrogens is 244 g/mol. The van der Waals surface area contributed by atoms with E-state index in [2.05, 4.69) is 9.53 Å². The number of esters is 1. The molecule has 1 rings (SSSR count). The van der Waals surface area contributed by atoms with Crippen LogP contribution < -0.4 is 0 Å². The van der Waals surface area contributed by atoms with Crippen molar-refractivity contribution in [1.29, 1.82) is 0 Å². The predicted octanol–water partition coefficient (Wildman–Crippen LogP) is 0.585. The van der Waals surface area contributed by atoms with E-state index >= 15 is 0 Å². The second-order valence-corrected chi connectivity index (χ2v) is 4.08. The van der Waals surface area contributed by atoms with Gasteiger partial charge in [0.15, 0.2) is 0 Å². The lowest BCUT2D eigenvalue weighted by molar-refractivity contribution is -0.139. The maximum Gasteiger partial charge on any atom is 0.441 e. The normalized spacial score (nSPS) is 11.4. The Morgan fingerprint density at radius 2 is 2.35 bits per heavy atom. The minimum absolute atomic E-state index is 0.338. The third-order valence-corrected chi connectivity index (χ3v) is 2.97. The van der Waals surface area contributed by atoms with Crippen LogP contribution in [0.15, 0.2) is 17.5 Å². The molecule has 0 bridgehead atoms. The van der Waals surface area contributed by atoms with Gasteiger partial charge in [0.25, 0.3) is 5.78 Å². The number of carbonyl (C=O) groups excluding carboxylic acids is 2. The molecular formula is C10H10N2O4S. The summed E-state index contributed by atoms with van der Waals surface area (Å²) in [6.45, 7) is 0. The molecule has 0 saturated heterocycles. The fourth-order valence-corrected chi connectivity index (χ4v) is 1.87. The number of thiophene rings is 1. The number of hydrogen-bond acceptors (Lipinski definition) is 5. The Labute approximate surface area is 101 Å². The molecule has 0 radical (unpaired) electrons. The topological polar surface area (TPSA) is 100 Å². The quantitative estimate of drug-likeness (QED) is 0.273. The van der Waals surface area contributed by atoms with Crippen LogP contribution in [0.2, 0.25) is 0 Å². The first-order valence-corrected chi connectivity index (χ1v) is 5.53. The van der Waals surface area contributed by atoms with Crippen LogP contribution in [0.4, 0.5) is 0 Å². The van der Waals surface area contributed by atoms with Crippen molar-refractivity contribution in [2.45, 2.75) is 12.5 Å². The maximum atomic E-state index is 11.5. The summed E-state index contributed by atoms with van der Waals surface area (Å²) >= 11 is 1.29. The van der Waals surface area contributed by atoms with Crippen LogP contribution >= 0.6 is 11.3 Å². The summed E-state index contributed by atoms with van der Waals surface area (Å²) in [5.74, 6) is -1.81. The molecule has 0 amide bonds. The molecule has 0 saturated carbocycles. The Morgan fingerprint density at radius 3 is 2.82 bits per heavy atom. The first-order chi connectivity index (χ1) is 8.10. The number of rotatable bonds is 5. The largest absolute Gasteiger partial charge is 0.460 e. The average molecular weight is 254 g/mol. The summed E-state index contributed by atoms with van der Waals surface area (Å²) in [5, 5.41) is 11.4. The minimum atomic E-state index is -1.03. The maximum absolute atomic E-state index is 11.5. The van der Waals surface area contributed by atoms with E-state index in [0.29, 0.717) is 4.88 Å². The van der Waals surface area contributed by atoms with Crippen LogP contribution in [0.25, 0.3) is 5.53 Å².